The largest absolute Gasteiger partial charge is 0.409 e. The van der Waals surface area contributed by atoms with Gasteiger partial charge in [-0.3, -0.25) is 0 Å². The summed E-state index contributed by atoms with van der Waals surface area (Å²) < 4.78 is 0.664. The van der Waals surface area contributed by atoms with Crippen LogP contribution in [0.15, 0.2) is 27.8 Å². The summed E-state index contributed by atoms with van der Waals surface area (Å²) in [6, 6.07) is 5.09. The number of hydrogen-bond donors (Lipinski definition) is 4. The number of nitrogens with zero attached hydrogens (tertiary/aromatic N) is 1. The minimum absolute atomic E-state index is 0.0182. The van der Waals surface area contributed by atoms with Gasteiger partial charge in [-0.15, -0.1) is 0 Å². The van der Waals surface area contributed by atoms with Crippen molar-refractivity contribution >= 4 is 33.5 Å². The quantitative estimate of drug-likeness (QED) is 0.296. The summed E-state index contributed by atoms with van der Waals surface area (Å²) in [4.78, 5) is 11.6. The van der Waals surface area contributed by atoms with E-state index in [1.165, 1.54) is 0 Å². The van der Waals surface area contributed by atoms with Gasteiger partial charge in [0, 0.05) is 16.1 Å². The van der Waals surface area contributed by atoms with Gasteiger partial charge in [-0.2, -0.15) is 0 Å². The van der Waals surface area contributed by atoms with Crippen LogP contribution in [-0.2, 0) is 0 Å². The first kappa shape index (κ1) is 12.7. The number of benzene rings is 1. The lowest BCUT2D eigenvalue weighted by Gasteiger charge is -2.09. The Balaban J connectivity index is 2.06. The maximum absolute atomic E-state index is 11.6. The summed E-state index contributed by atoms with van der Waals surface area (Å²) in [6.07, 6.45) is 2.08. The topological polar surface area (TPSA) is 99.7 Å². The monoisotopic (exact) mass is 312 g/mol. The summed E-state index contributed by atoms with van der Waals surface area (Å²) >= 11 is 3.32. The van der Waals surface area contributed by atoms with E-state index in [1.807, 2.05) is 0 Å². The standard InChI is InChI=1S/C11H13BrN4O2/c12-8-5-6(10(13)16-18)1-4-9(8)15-11(17)14-7-2-3-7/h1,4-5,7,18H,2-3H2,(H2,13,16)(H2,14,15,17). The van der Waals surface area contributed by atoms with Crippen LogP contribution in [0.25, 0.3) is 0 Å². The molecule has 1 aromatic rings. The van der Waals surface area contributed by atoms with Crippen LogP contribution >= 0.6 is 15.9 Å². The molecular weight excluding hydrogens is 300 g/mol. The van der Waals surface area contributed by atoms with E-state index in [9.17, 15) is 4.79 Å². The Morgan fingerprint density at radius 1 is 1.50 bits per heavy atom. The molecule has 2 rings (SSSR count). The Labute approximate surface area is 112 Å². The molecule has 1 saturated carbocycles. The lowest BCUT2D eigenvalue weighted by Crippen LogP contribution is -2.30. The summed E-state index contributed by atoms with van der Waals surface area (Å²) in [6.45, 7) is 0. The molecule has 0 saturated heterocycles. The van der Waals surface area contributed by atoms with Gasteiger partial charge in [-0.25, -0.2) is 4.79 Å². The first-order valence-corrected chi connectivity index (χ1v) is 6.24. The van der Waals surface area contributed by atoms with Crippen molar-refractivity contribution in [3.63, 3.8) is 0 Å². The molecule has 7 heteroatoms. The third-order valence-electron chi connectivity index (χ3n) is 2.53. The molecule has 0 radical (unpaired) electrons. The average Bonchev–Trinajstić information content (AvgIpc) is 3.14. The summed E-state index contributed by atoms with van der Waals surface area (Å²) in [5.41, 5.74) is 6.66. The lowest BCUT2D eigenvalue weighted by molar-refractivity contribution is 0.251. The number of amides is 2. The molecule has 96 valence electrons. The Morgan fingerprint density at radius 3 is 2.78 bits per heavy atom. The van der Waals surface area contributed by atoms with E-state index >= 15 is 0 Å². The highest BCUT2D eigenvalue weighted by atomic mass is 79.9. The van der Waals surface area contributed by atoms with E-state index in [0.29, 0.717) is 21.8 Å². The number of nitrogens with two attached hydrogens (primary N) is 1. The number of urea groups is 1. The molecule has 1 fully saturated rings. The third kappa shape index (κ3) is 3.13. The average molecular weight is 313 g/mol. The van der Waals surface area contributed by atoms with Crippen molar-refractivity contribution in [2.75, 3.05) is 5.32 Å². The van der Waals surface area contributed by atoms with E-state index < -0.39 is 0 Å². The predicted molar refractivity (Wildman–Crippen MR) is 71.8 cm³/mol. The molecule has 1 aliphatic rings. The number of rotatable bonds is 3. The highest BCUT2D eigenvalue weighted by molar-refractivity contribution is 9.10. The Kier molecular flexibility index (Phi) is 3.71. The summed E-state index contributed by atoms with van der Waals surface area (Å²) in [7, 11) is 0. The first-order chi connectivity index (χ1) is 8.60. The summed E-state index contributed by atoms with van der Waals surface area (Å²) in [5, 5.41) is 17.0. The molecule has 5 N–H and O–H groups in total. The SMILES string of the molecule is N/C(=N/O)c1ccc(NC(=O)NC2CC2)c(Br)c1. The molecule has 18 heavy (non-hydrogen) atoms. The van der Waals surface area contributed by atoms with E-state index in [2.05, 4.69) is 31.7 Å². The predicted octanol–water partition coefficient (Wildman–Crippen LogP) is 1.83. The number of anilines is 1. The van der Waals surface area contributed by atoms with Crippen molar-refractivity contribution in [1.82, 2.24) is 5.32 Å². The van der Waals surface area contributed by atoms with Crippen molar-refractivity contribution in [3.8, 4) is 0 Å². The molecule has 2 amide bonds. The molecule has 1 aromatic carbocycles. The van der Waals surface area contributed by atoms with Crippen LogP contribution in [0.5, 0.6) is 0 Å². The number of amidine groups is 1. The van der Waals surface area contributed by atoms with Crippen LogP contribution < -0.4 is 16.4 Å². The van der Waals surface area contributed by atoms with Crippen LogP contribution in [0.3, 0.4) is 0 Å². The third-order valence-corrected chi connectivity index (χ3v) is 3.19. The highest BCUT2D eigenvalue weighted by Gasteiger charge is 2.23. The van der Waals surface area contributed by atoms with Gasteiger partial charge in [0.1, 0.15) is 0 Å². The number of hydrogen-bond acceptors (Lipinski definition) is 3. The van der Waals surface area contributed by atoms with Crippen molar-refractivity contribution in [2.24, 2.45) is 10.9 Å². The van der Waals surface area contributed by atoms with Crippen molar-refractivity contribution < 1.29 is 10.0 Å². The number of oxime groups is 1. The first-order valence-electron chi connectivity index (χ1n) is 5.45. The Bertz CT molecular complexity index is 500. The second-order valence-corrected chi connectivity index (χ2v) is 4.91. The summed E-state index contributed by atoms with van der Waals surface area (Å²) in [5.74, 6) is 0.0182. The fraction of sp³-hybridized carbons (Fsp3) is 0.273. The van der Waals surface area contributed by atoms with Crippen LogP contribution in [0.2, 0.25) is 0 Å². The second kappa shape index (κ2) is 5.26. The van der Waals surface area contributed by atoms with Crippen LogP contribution in [0.4, 0.5) is 10.5 Å². The number of halogens is 1. The van der Waals surface area contributed by atoms with Gasteiger partial charge < -0.3 is 21.6 Å². The molecular formula is C11H13BrN4O2. The molecule has 0 aromatic heterocycles. The van der Waals surface area contributed by atoms with E-state index in [0.717, 1.165) is 12.8 Å². The lowest BCUT2D eigenvalue weighted by atomic mass is 10.2. The van der Waals surface area contributed by atoms with Gasteiger partial charge in [-0.05, 0) is 47.0 Å². The molecule has 0 atom stereocenters. The molecule has 0 aliphatic heterocycles. The second-order valence-electron chi connectivity index (χ2n) is 4.05. The molecule has 6 nitrogen and oxygen atoms in total. The maximum atomic E-state index is 11.6. The van der Waals surface area contributed by atoms with Gasteiger partial charge in [-0.1, -0.05) is 5.16 Å². The van der Waals surface area contributed by atoms with Crippen LogP contribution in [-0.4, -0.2) is 23.1 Å². The van der Waals surface area contributed by atoms with Gasteiger partial charge in [0.25, 0.3) is 0 Å². The highest BCUT2D eigenvalue weighted by Crippen LogP contribution is 2.24. The van der Waals surface area contributed by atoms with E-state index in [1.54, 1.807) is 18.2 Å². The minimum Gasteiger partial charge on any atom is -0.409 e. The zero-order chi connectivity index (χ0) is 13.1. The fourth-order valence-electron chi connectivity index (χ4n) is 1.41. The smallest absolute Gasteiger partial charge is 0.319 e. The van der Waals surface area contributed by atoms with Crippen LogP contribution in [0, 0.1) is 0 Å². The fourth-order valence-corrected chi connectivity index (χ4v) is 1.88. The number of carbonyl (C=O) groups excluding carboxylic acids is 1. The van der Waals surface area contributed by atoms with Crippen molar-refractivity contribution in [1.29, 1.82) is 0 Å². The van der Waals surface area contributed by atoms with E-state index in [-0.39, 0.29) is 11.9 Å². The van der Waals surface area contributed by atoms with Gasteiger partial charge >= 0.3 is 6.03 Å². The molecule has 0 heterocycles. The van der Waals surface area contributed by atoms with Gasteiger partial charge in [0.15, 0.2) is 5.84 Å². The zero-order valence-electron chi connectivity index (χ0n) is 9.48. The molecule has 0 spiro atoms. The van der Waals surface area contributed by atoms with Gasteiger partial charge in [0.05, 0.1) is 5.69 Å². The number of nitrogens with one attached hydrogen (secondary N) is 2. The van der Waals surface area contributed by atoms with Crippen molar-refractivity contribution in [3.05, 3.63) is 28.2 Å². The Hall–Kier alpha value is -1.76. The van der Waals surface area contributed by atoms with Crippen molar-refractivity contribution in [2.45, 2.75) is 18.9 Å². The molecule has 0 bridgehead atoms. The van der Waals surface area contributed by atoms with E-state index in [4.69, 9.17) is 10.9 Å². The molecule has 1 aliphatic carbocycles. The molecule has 0 unspecified atom stereocenters. The van der Waals surface area contributed by atoms with Gasteiger partial charge in [0.2, 0.25) is 0 Å². The normalized spacial score (nSPS) is 15.3. The zero-order valence-corrected chi connectivity index (χ0v) is 11.1. The number of carbonyl (C=O) groups is 1. The van der Waals surface area contributed by atoms with Crippen LogP contribution in [0.1, 0.15) is 18.4 Å². The maximum Gasteiger partial charge on any atom is 0.319 e. The minimum atomic E-state index is -0.227. The Morgan fingerprint density at radius 2 is 2.22 bits per heavy atom.